The smallest absolute Gasteiger partial charge is 0.335 e. The van der Waals surface area contributed by atoms with E-state index in [2.05, 4.69) is 15.6 Å². The number of nitrogens with zero attached hydrogens (tertiary/aromatic N) is 1. The molecule has 0 unspecified atom stereocenters. The fourth-order valence-corrected chi connectivity index (χ4v) is 3.33. The summed E-state index contributed by atoms with van der Waals surface area (Å²) in [5.41, 5.74) is 0.0622. The van der Waals surface area contributed by atoms with Crippen molar-refractivity contribution in [3.8, 4) is 0 Å². The molecule has 3 N–H and O–H groups in total. The number of anilines is 2. The lowest BCUT2D eigenvalue weighted by Crippen LogP contribution is -2.20. The van der Waals surface area contributed by atoms with E-state index in [1.807, 2.05) is 13.8 Å². The summed E-state index contributed by atoms with van der Waals surface area (Å²) in [6.45, 7) is 3.96. The predicted octanol–water partition coefficient (Wildman–Crippen LogP) is 1.94. The molecule has 1 aromatic heterocycles. The third-order valence-electron chi connectivity index (χ3n) is 3.57. The van der Waals surface area contributed by atoms with Crippen LogP contribution in [-0.2, 0) is 9.84 Å². The second-order valence-corrected chi connectivity index (χ2v) is 7.85. The Bertz CT molecular complexity index is 656. The average Bonchev–Trinajstić information content (AvgIpc) is 3.30. The van der Waals surface area contributed by atoms with E-state index in [1.54, 1.807) is 0 Å². The van der Waals surface area contributed by atoms with Crippen LogP contribution >= 0.6 is 0 Å². The van der Waals surface area contributed by atoms with E-state index >= 15 is 0 Å². The van der Waals surface area contributed by atoms with Crippen molar-refractivity contribution in [2.24, 2.45) is 0 Å². The molecule has 1 aliphatic rings. The fourth-order valence-electron chi connectivity index (χ4n) is 1.89. The Morgan fingerprint density at radius 3 is 2.59 bits per heavy atom. The first-order valence-electron chi connectivity index (χ1n) is 7.29. The zero-order chi connectivity index (χ0) is 16.3. The standard InChI is InChI=1S/C14H21N3O4S/c1-3-9(2)16-13-7-10(14(18)19)6-12(17-13)15-8-22(20,21)11-4-5-11/h6-7,9,11H,3-5,8H2,1-2H3,(H,18,19)(H2,15,16,17)/t9-/m0/s1. The van der Waals surface area contributed by atoms with E-state index in [1.165, 1.54) is 12.1 Å². The third kappa shape index (κ3) is 4.33. The zero-order valence-corrected chi connectivity index (χ0v) is 13.5. The van der Waals surface area contributed by atoms with Crippen molar-refractivity contribution < 1.29 is 18.3 Å². The predicted molar refractivity (Wildman–Crippen MR) is 85.0 cm³/mol. The maximum Gasteiger partial charge on any atom is 0.335 e. The molecule has 0 aliphatic heterocycles. The number of aromatic carboxylic acids is 1. The molecule has 1 aliphatic carbocycles. The highest BCUT2D eigenvalue weighted by atomic mass is 32.2. The molecule has 0 spiro atoms. The molecule has 2 rings (SSSR count). The lowest BCUT2D eigenvalue weighted by atomic mass is 10.2. The minimum Gasteiger partial charge on any atom is -0.478 e. The van der Waals surface area contributed by atoms with Crippen LogP contribution in [0.3, 0.4) is 0 Å². The van der Waals surface area contributed by atoms with E-state index in [0.29, 0.717) is 18.7 Å². The summed E-state index contributed by atoms with van der Waals surface area (Å²) >= 11 is 0. The summed E-state index contributed by atoms with van der Waals surface area (Å²) < 4.78 is 23.7. The van der Waals surface area contributed by atoms with Crippen molar-refractivity contribution in [1.29, 1.82) is 0 Å². The fraction of sp³-hybridized carbons (Fsp3) is 0.571. The Balaban J connectivity index is 2.16. The van der Waals surface area contributed by atoms with Crippen LogP contribution in [0.2, 0.25) is 0 Å². The quantitative estimate of drug-likeness (QED) is 0.669. The Kier molecular flexibility index (Phi) is 4.90. The SMILES string of the molecule is CC[C@H](C)Nc1cc(C(=O)O)cc(NCS(=O)(=O)C2CC2)n1. The minimum absolute atomic E-state index is 0.0622. The van der Waals surface area contributed by atoms with Gasteiger partial charge in [-0.1, -0.05) is 6.92 Å². The normalized spacial score (nSPS) is 16.1. The highest BCUT2D eigenvalue weighted by molar-refractivity contribution is 7.92. The second-order valence-electron chi connectivity index (χ2n) is 5.57. The summed E-state index contributed by atoms with van der Waals surface area (Å²) in [5.74, 6) is -0.644. The molecular weight excluding hydrogens is 306 g/mol. The Morgan fingerprint density at radius 2 is 2.05 bits per heavy atom. The van der Waals surface area contributed by atoms with Crippen LogP contribution < -0.4 is 10.6 Å². The number of hydrogen-bond donors (Lipinski definition) is 3. The van der Waals surface area contributed by atoms with Crippen molar-refractivity contribution in [3.63, 3.8) is 0 Å². The second kappa shape index (κ2) is 6.51. The van der Waals surface area contributed by atoms with Crippen LogP contribution in [0, 0.1) is 0 Å². The Labute approximate surface area is 130 Å². The maximum absolute atomic E-state index is 11.9. The number of carbonyl (C=O) groups is 1. The molecule has 1 atom stereocenters. The topological polar surface area (TPSA) is 108 Å². The largest absolute Gasteiger partial charge is 0.478 e. The van der Waals surface area contributed by atoms with Gasteiger partial charge >= 0.3 is 5.97 Å². The molecule has 1 aromatic rings. The minimum atomic E-state index is -3.18. The van der Waals surface area contributed by atoms with Gasteiger partial charge in [-0.25, -0.2) is 18.2 Å². The zero-order valence-electron chi connectivity index (χ0n) is 12.7. The van der Waals surface area contributed by atoms with Gasteiger partial charge in [0.25, 0.3) is 0 Å². The van der Waals surface area contributed by atoms with Crippen LogP contribution in [0.5, 0.6) is 0 Å². The highest BCUT2D eigenvalue weighted by Gasteiger charge is 2.35. The van der Waals surface area contributed by atoms with Crippen molar-refractivity contribution in [3.05, 3.63) is 17.7 Å². The van der Waals surface area contributed by atoms with Gasteiger partial charge in [-0.3, -0.25) is 0 Å². The van der Waals surface area contributed by atoms with Gasteiger partial charge in [-0.05, 0) is 38.3 Å². The molecule has 0 aromatic carbocycles. The summed E-state index contributed by atoms with van der Waals surface area (Å²) in [6.07, 6.45) is 2.26. The third-order valence-corrected chi connectivity index (χ3v) is 5.60. The first kappa shape index (κ1) is 16.5. The first-order chi connectivity index (χ1) is 10.3. The van der Waals surface area contributed by atoms with Crippen LogP contribution in [-0.4, -0.2) is 41.6 Å². The lowest BCUT2D eigenvalue weighted by molar-refractivity contribution is 0.0697. The average molecular weight is 327 g/mol. The van der Waals surface area contributed by atoms with Crippen LogP contribution in [0.1, 0.15) is 43.5 Å². The molecule has 7 nitrogen and oxygen atoms in total. The summed E-state index contributed by atoms with van der Waals surface area (Å²) in [4.78, 5) is 15.4. The molecule has 0 bridgehead atoms. The van der Waals surface area contributed by atoms with E-state index in [9.17, 15) is 13.2 Å². The first-order valence-corrected chi connectivity index (χ1v) is 9.00. The van der Waals surface area contributed by atoms with Gasteiger partial charge in [0.15, 0.2) is 9.84 Å². The molecule has 0 radical (unpaired) electrons. The summed E-state index contributed by atoms with van der Waals surface area (Å²) in [7, 11) is -3.18. The molecule has 122 valence electrons. The highest BCUT2D eigenvalue weighted by Crippen LogP contribution is 2.29. The van der Waals surface area contributed by atoms with Crippen molar-refractivity contribution in [2.75, 3.05) is 16.5 Å². The maximum atomic E-state index is 11.9. The number of hydrogen-bond acceptors (Lipinski definition) is 6. The molecule has 22 heavy (non-hydrogen) atoms. The number of nitrogens with one attached hydrogen (secondary N) is 2. The van der Waals surface area contributed by atoms with Gasteiger partial charge in [-0.15, -0.1) is 0 Å². The molecule has 1 saturated carbocycles. The monoisotopic (exact) mass is 327 g/mol. The number of carboxylic acids is 1. The summed E-state index contributed by atoms with van der Waals surface area (Å²) in [6, 6.07) is 2.92. The number of rotatable bonds is 8. The van der Waals surface area contributed by atoms with Crippen LogP contribution in [0.4, 0.5) is 11.6 Å². The Morgan fingerprint density at radius 1 is 1.41 bits per heavy atom. The van der Waals surface area contributed by atoms with Crippen molar-refractivity contribution >= 4 is 27.4 Å². The molecular formula is C14H21N3O4S. The van der Waals surface area contributed by atoms with Gasteiger partial charge in [-0.2, -0.15) is 0 Å². The number of carboxylic acid groups (broad SMARTS) is 1. The van der Waals surface area contributed by atoms with Crippen molar-refractivity contribution in [2.45, 2.75) is 44.4 Å². The van der Waals surface area contributed by atoms with Gasteiger partial charge in [0.1, 0.15) is 17.5 Å². The van der Waals surface area contributed by atoms with E-state index in [4.69, 9.17) is 5.11 Å². The molecule has 8 heteroatoms. The van der Waals surface area contributed by atoms with Gasteiger partial charge in [0.2, 0.25) is 0 Å². The Hall–Kier alpha value is -1.83. The molecule has 1 heterocycles. The number of sulfone groups is 1. The molecule has 0 amide bonds. The van der Waals surface area contributed by atoms with Gasteiger partial charge in [0.05, 0.1) is 10.8 Å². The van der Waals surface area contributed by atoms with E-state index in [0.717, 1.165) is 6.42 Å². The number of aromatic nitrogens is 1. The lowest BCUT2D eigenvalue weighted by Gasteiger charge is -2.14. The van der Waals surface area contributed by atoms with Gasteiger partial charge < -0.3 is 15.7 Å². The van der Waals surface area contributed by atoms with E-state index in [-0.39, 0.29) is 28.5 Å². The van der Waals surface area contributed by atoms with Crippen LogP contribution in [0.25, 0.3) is 0 Å². The van der Waals surface area contributed by atoms with E-state index < -0.39 is 15.8 Å². The molecule has 1 fully saturated rings. The van der Waals surface area contributed by atoms with Gasteiger partial charge in [0, 0.05) is 6.04 Å². The number of pyridine rings is 1. The van der Waals surface area contributed by atoms with Crippen LogP contribution in [0.15, 0.2) is 12.1 Å². The van der Waals surface area contributed by atoms with Crippen molar-refractivity contribution in [1.82, 2.24) is 4.98 Å². The molecule has 0 saturated heterocycles. The summed E-state index contributed by atoms with van der Waals surface area (Å²) in [5, 5.41) is 14.7.